The average Bonchev–Trinajstić information content (AvgIpc) is 2.34. The molecule has 0 fully saturated rings. The van der Waals surface area contributed by atoms with Crippen molar-refractivity contribution in [3.8, 4) is 0 Å². The first-order chi connectivity index (χ1) is 8.13. The van der Waals surface area contributed by atoms with Gasteiger partial charge in [-0.25, -0.2) is 0 Å². The highest BCUT2D eigenvalue weighted by Crippen LogP contribution is 2.02. The molecule has 1 rings (SSSR count). The van der Waals surface area contributed by atoms with Crippen LogP contribution in [-0.2, 0) is 16.0 Å². The lowest BCUT2D eigenvalue weighted by Gasteiger charge is -2.15. The first-order valence-corrected chi connectivity index (χ1v) is 5.60. The van der Waals surface area contributed by atoms with Crippen LogP contribution in [0.3, 0.4) is 0 Å². The number of carbonyl (C=O) groups is 2. The Labute approximate surface area is 101 Å². The molecule has 2 N–H and O–H groups in total. The Kier molecular flexibility index (Phi) is 5.36. The van der Waals surface area contributed by atoms with E-state index >= 15 is 0 Å². The van der Waals surface area contributed by atoms with Gasteiger partial charge in [0.15, 0.2) is 0 Å². The molecule has 0 spiro atoms. The third-order valence-corrected chi connectivity index (χ3v) is 2.48. The second kappa shape index (κ2) is 6.81. The topological polar surface area (TPSA) is 66.4 Å². The van der Waals surface area contributed by atoms with Crippen LogP contribution in [0.15, 0.2) is 30.3 Å². The van der Waals surface area contributed by atoms with Crippen molar-refractivity contribution in [2.45, 2.75) is 31.9 Å². The molecule has 0 aromatic heterocycles. The van der Waals surface area contributed by atoms with E-state index in [-0.39, 0.29) is 5.91 Å². The number of rotatable bonds is 6. The predicted molar refractivity (Wildman–Crippen MR) is 64.4 cm³/mol. The number of amides is 1. The SMILES string of the molecule is C[C@@H](O)[C@@H](C=O)NC(=O)CCc1ccccc1. The van der Waals surface area contributed by atoms with Gasteiger partial charge in [0, 0.05) is 6.42 Å². The van der Waals surface area contributed by atoms with Crippen LogP contribution in [0.25, 0.3) is 0 Å². The van der Waals surface area contributed by atoms with Crippen molar-refractivity contribution in [3.05, 3.63) is 35.9 Å². The molecule has 4 heteroatoms. The van der Waals surface area contributed by atoms with Crippen molar-refractivity contribution >= 4 is 12.2 Å². The predicted octanol–water partition coefficient (Wildman–Crippen LogP) is 0.684. The quantitative estimate of drug-likeness (QED) is 0.713. The fraction of sp³-hybridized carbons (Fsp3) is 0.385. The maximum absolute atomic E-state index is 11.5. The molecule has 0 aliphatic heterocycles. The molecule has 0 radical (unpaired) electrons. The second-order valence-electron chi connectivity index (χ2n) is 3.96. The Bertz CT molecular complexity index is 362. The molecule has 4 nitrogen and oxygen atoms in total. The van der Waals surface area contributed by atoms with E-state index in [0.717, 1.165) is 5.56 Å². The van der Waals surface area contributed by atoms with Crippen LogP contribution in [0.4, 0.5) is 0 Å². The van der Waals surface area contributed by atoms with Gasteiger partial charge in [-0.05, 0) is 18.9 Å². The molecular formula is C13H17NO3. The number of benzene rings is 1. The molecule has 0 bridgehead atoms. The zero-order valence-corrected chi connectivity index (χ0v) is 9.80. The Morgan fingerprint density at radius 1 is 1.41 bits per heavy atom. The fourth-order valence-corrected chi connectivity index (χ4v) is 1.43. The molecule has 1 aromatic rings. The molecule has 0 saturated carbocycles. The maximum Gasteiger partial charge on any atom is 0.220 e. The molecule has 2 atom stereocenters. The van der Waals surface area contributed by atoms with Crippen molar-refractivity contribution in [2.75, 3.05) is 0 Å². The first kappa shape index (κ1) is 13.4. The van der Waals surface area contributed by atoms with Crippen molar-refractivity contribution in [1.82, 2.24) is 5.32 Å². The molecule has 0 unspecified atom stereocenters. The van der Waals surface area contributed by atoms with E-state index in [1.807, 2.05) is 30.3 Å². The Morgan fingerprint density at radius 3 is 2.59 bits per heavy atom. The summed E-state index contributed by atoms with van der Waals surface area (Å²) in [4.78, 5) is 22.1. The van der Waals surface area contributed by atoms with E-state index in [1.165, 1.54) is 6.92 Å². The standard InChI is InChI=1S/C13H17NO3/c1-10(16)12(9-15)14-13(17)8-7-11-5-3-2-4-6-11/h2-6,9-10,12,16H,7-8H2,1H3,(H,14,17)/t10-,12-/m1/s1. The number of aldehydes is 1. The third-order valence-electron chi connectivity index (χ3n) is 2.48. The van der Waals surface area contributed by atoms with Crippen LogP contribution in [-0.4, -0.2) is 29.4 Å². The van der Waals surface area contributed by atoms with Crippen LogP contribution in [0.1, 0.15) is 18.9 Å². The minimum Gasteiger partial charge on any atom is -0.391 e. The minimum absolute atomic E-state index is 0.230. The largest absolute Gasteiger partial charge is 0.391 e. The van der Waals surface area contributed by atoms with Gasteiger partial charge in [-0.3, -0.25) is 4.79 Å². The smallest absolute Gasteiger partial charge is 0.220 e. The summed E-state index contributed by atoms with van der Waals surface area (Å²) in [5.41, 5.74) is 1.07. The van der Waals surface area contributed by atoms with E-state index in [0.29, 0.717) is 19.1 Å². The number of hydrogen-bond donors (Lipinski definition) is 2. The summed E-state index contributed by atoms with van der Waals surface area (Å²) in [5.74, 6) is -0.230. The van der Waals surface area contributed by atoms with Gasteiger partial charge in [-0.15, -0.1) is 0 Å². The lowest BCUT2D eigenvalue weighted by Crippen LogP contribution is -2.43. The monoisotopic (exact) mass is 235 g/mol. The van der Waals surface area contributed by atoms with Gasteiger partial charge >= 0.3 is 0 Å². The summed E-state index contributed by atoms with van der Waals surface area (Å²) in [6.07, 6.45) is 0.609. The summed E-state index contributed by atoms with van der Waals surface area (Å²) in [5, 5.41) is 11.7. The lowest BCUT2D eigenvalue weighted by molar-refractivity contribution is -0.125. The Balaban J connectivity index is 2.37. The van der Waals surface area contributed by atoms with Crippen molar-refractivity contribution in [3.63, 3.8) is 0 Å². The second-order valence-corrected chi connectivity index (χ2v) is 3.96. The summed E-state index contributed by atoms with van der Waals surface area (Å²) >= 11 is 0. The van der Waals surface area contributed by atoms with E-state index < -0.39 is 12.1 Å². The highest BCUT2D eigenvalue weighted by atomic mass is 16.3. The highest BCUT2D eigenvalue weighted by Gasteiger charge is 2.15. The van der Waals surface area contributed by atoms with E-state index in [9.17, 15) is 14.7 Å². The number of hydrogen-bond acceptors (Lipinski definition) is 3. The molecule has 1 aromatic carbocycles. The van der Waals surface area contributed by atoms with Gasteiger partial charge < -0.3 is 15.2 Å². The maximum atomic E-state index is 11.5. The van der Waals surface area contributed by atoms with Crippen molar-refractivity contribution in [2.24, 2.45) is 0 Å². The van der Waals surface area contributed by atoms with Crippen molar-refractivity contribution in [1.29, 1.82) is 0 Å². The third kappa shape index (κ3) is 4.78. The van der Waals surface area contributed by atoms with Crippen LogP contribution < -0.4 is 5.32 Å². The number of aliphatic hydroxyl groups excluding tert-OH is 1. The zero-order valence-electron chi connectivity index (χ0n) is 9.80. The van der Waals surface area contributed by atoms with E-state index in [1.54, 1.807) is 0 Å². The normalized spacial score (nSPS) is 13.8. The van der Waals surface area contributed by atoms with E-state index in [4.69, 9.17) is 0 Å². The summed E-state index contributed by atoms with van der Waals surface area (Å²) in [6, 6.07) is 8.81. The lowest BCUT2D eigenvalue weighted by atomic mass is 10.1. The summed E-state index contributed by atoms with van der Waals surface area (Å²) < 4.78 is 0. The number of carbonyl (C=O) groups excluding carboxylic acids is 2. The summed E-state index contributed by atoms with van der Waals surface area (Å²) in [6.45, 7) is 1.47. The molecule has 92 valence electrons. The van der Waals surface area contributed by atoms with Crippen LogP contribution >= 0.6 is 0 Å². The molecular weight excluding hydrogens is 218 g/mol. The Morgan fingerprint density at radius 2 is 2.06 bits per heavy atom. The Hall–Kier alpha value is -1.68. The molecule has 1 amide bonds. The van der Waals surface area contributed by atoms with E-state index in [2.05, 4.69) is 5.32 Å². The van der Waals surface area contributed by atoms with Gasteiger partial charge in [0.05, 0.1) is 6.10 Å². The minimum atomic E-state index is -0.867. The zero-order chi connectivity index (χ0) is 12.7. The summed E-state index contributed by atoms with van der Waals surface area (Å²) in [7, 11) is 0. The molecule has 0 saturated heterocycles. The van der Waals surface area contributed by atoms with Gasteiger partial charge in [-0.2, -0.15) is 0 Å². The molecule has 0 heterocycles. The fourth-order valence-electron chi connectivity index (χ4n) is 1.43. The number of aliphatic hydroxyl groups is 1. The molecule has 17 heavy (non-hydrogen) atoms. The van der Waals surface area contributed by atoms with Crippen LogP contribution in [0.5, 0.6) is 0 Å². The van der Waals surface area contributed by atoms with Gasteiger partial charge in [0.2, 0.25) is 5.91 Å². The van der Waals surface area contributed by atoms with Gasteiger partial charge in [0.25, 0.3) is 0 Å². The van der Waals surface area contributed by atoms with Crippen LogP contribution in [0.2, 0.25) is 0 Å². The van der Waals surface area contributed by atoms with Crippen molar-refractivity contribution < 1.29 is 14.7 Å². The molecule has 0 aliphatic carbocycles. The van der Waals surface area contributed by atoms with Gasteiger partial charge in [0.1, 0.15) is 12.3 Å². The average molecular weight is 235 g/mol. The highest BCUT2D eigenvalue weighted by molar-refractivity contribution is 5.80. The number of nitrogens with one attached hydrogen (secondary N) is 1. The van der Waals surface area contributed by atoms with Crippen LogP contribution in [0, 0.1) is 0 Å². The van der Waals surface area contributed by atoms with Gasteiger partial charge in [-0.1, -0.05) is 30.3 Å². The first-order valence-electron chi connectivity index (χ1n) is 5.60. The number of aryl methyl sites for hydroxylation is 1. The molecule has 0 aliphatic rings.